The molecule has 1 amide bonds. The largest absolute Gasteiger partial charge is 0.369 e. The van der Waals surface area contributed by atoms with Crippen LogP contribution in [0.15, 0.2) is 17.1 Å². The Balaban J connectivity index is 0.00000484. The zero-order valence-electron chi connectivity index (χ0n) is 14.6. The summed E-state index contributed by atoms with van der Waals surface area (Å²) in [7, 11) is 0. The molecule has 0 aromatic carbocycles. The summed E-state index contributed by atoms with van der Waals surface area (Å²) in [6, 6.07) is 4.56. The number of guanidine groups is 1. The summed E-state index contributed by atoms with van der Waals surface area (Å²) in [5.74, 6) is 0.381. The standard InChI is InChI=1S/C16H28N4OS.HI/c1-6-18-15(19-10-16(4,5)14(17)21)20-11(2)9-13-8-7-12(3)22-13;/h7-8,11H,6,9-10H2,1-5H3,(H2,17,21)(H2,18,19,20);1H. The van der Waals surface area contributed by atoms with Gasteiger partial charge in [-0.2, -0.15) is 0 Å². The molecule has 0 aliphatic carbocycles. The van der Waals surface area contributed by atoms with Gasteiger partial charge < -0.3 is 16.4 Å². The first-order valence-corrected chi connectivity index (χ1v) is 8.46. The van der Waals surface area contributed by atoms with Gasteiger partial charge in [0.05, 0.1) is 12.0 Å². The maximum absolute atomic E-state index is 11.4. The second-order valence-corrected chi connectivity index (χ2v) is 7.58. The van der Waals surface area contributed by atoms with Gasteiger partial charge in [-0.1, -0.05) is 0 Å². The van der Waals surface area contributed by atoms with E-state index in [1.165, 1.54) is 9.75 Å². The highest BCUT2D eigenvalue weighted by Crippen LogP contribution is 2.17. The predicted octanol–water partition coefficient (Wildman–Crippen LogP) is 2.67. The van der Waals surface area contributed by atoms with Crippen molar-refractivity contribution in [3.63, 3.8) is 0 Å². The van der Waals surface area contributed by atoms with E-state index in [0.29, 0.717) is 6.54 Å². The second-order valence-electron chi connectivity index (χ2n) is 6.21. The molecule has 0 fully saturated rings. The SMILES string of the molecule is CCNC(=NCC(C)(C)C(N)=O)NC(C)Cc1ccc(C)s1.I. The van der Waals surface area contributed by atoms with Crippen molar-refractivity contribution in [1.29, 1.82) is 0 Å². The lowest BCUT2D eigenvalue weighted by Gasteiger charge is -2.21. The van der Waals surface area contributed by atoms with Crippen molar-refractivity contribution < 1.29 is 4.79 Å². The van der Waals surface area contributed by atoms with Crippen LogP contribution in [0.5, 0.6) is 0 Å². The summed E-state index contributed by atoms with van der Waals surface area (Å²) in [6.45, 7) is 11.0. The van der Waals surface area contributed by atoms with Crippen molar-refractivity contribution in [2.75, 3.05) is 13.1 Å². The molecule has 1 atom stereocenters. The molecule has 23 heavy (non-hydrogen) atoms. The minimum absolute atomic E-state index is 0. The minimum atomic E-state index is -0.642. The highest BCUT2D eigenvalue weighted by molar-refractivity contribution is 14.0. The fourth-order valence-corrected chi connectivity index (χ4v) is 2.87. The van der Waals surface area contributed by atoms with Gasteiger partial charge in [0.1, 0.15) is 0 Å². The van der Waals surface area contributed by atoms with E-state index in [9.17, 15) is 4.79 Å². The number of nitrogens with one attached hydrogen (secondary N) is 2. The summed E-state index contributed by atoms with van der Waals surface area (Å²) in [6.07, 6.45) is 0.947. The van der Waals surface area contributed by atoms with E-state index in [4.69, 9.17) is 5.73 Å². The van der Waals surface area contributed by atoms with Gasteiger partial charge in [-0.25, -0.2) is 0 Å². The summed E-state index contributed by atoms with van der Waals surface area (Å²) in [4.78, 5) is 18.5. The molecule has 1 aromatic heterocycles. The topological polar surface area (TPSA) is 79.5 Å². The maximum atomic E-state index is 11.4. The van der Waals surface area contributed by atoms with E-state index in [1.807, 2.05) is 18.3 Å². The van der Waals surface area contributed by atoms with Gasteiger partial charge in [-0.15, -0.1) is 35.3 Å². The molecule has 7 heteroatoms. The van der Waals surface area contributed by atoms with E-state index in [0.717, 1.165) is 18.9 Å². The highest BCUT2D eigenvalue weighted by atomic mass is 127. The van der Waals surface area contributed by atoms with Crippen LogP contribution < -0.4 is 16.4 Å². The predicted molar refractivity (Wildman–Crippen MR) is 110 cm³/mol. The molecule has 1 rings (SSSR count). The van der Waals surface area contributed by atoms with Gasteiger partial charge in [0.15, 0.2) is 5.96 Å². The summed E-state index contributed by atoms with van der Waals surface area (Å²) >= 11 is 1.82. The van der Waals surface area contributed by atoms with E-state index in [2.05, 4.69) is 41.6 Å². The van der Waals surface area contributed by atoms with Crippen LogP contribution in [0.25, 0.3) is 0 Å². The Morgan fingerprint density at radius 2 is 2.09 bits per heavy atom. The van der Waals surface area contributed by atoms with Crippen LogP contribution >= 0.6 is 35.3 Å². The fraction of sp³-hybridized carbons (Fsp3) is 0.625. The molecular weight excluding hydrogens is 423 g/mol. The van der Waals surface area contributed by atoms with Gasteiger partial charge >= 0.3 is 0 Å². The van der Waals surface area contributed by atoms with E-state index in [1.54, 1.807) is 13.8 Å². The monoisotopic (exact) mass is 452 g/mol. The van der Waals surface area contributed by atoms with E-state index >= 15 is 0 Å². The van der Waals surface area contributed by atoms with Gasteiger partial charge in [0, 0.05) is 28.8 Å². The molecule has 1 aromatic rings. The molecule has 0 saturated carbocycles. The number of amides is 1. The molecule has 4 N–H and O–H groups in total. The number of nitrogens with zero attached hydrogens (tertiary/aromatic N) is 1. The number of hydrogen-bond donors (Lipinski definition) is 3. The Morgan fingerprint density at radius 3 is 2.57 bits per heavy atom. The Morgan fingerprint density at radius 1 is 1.43 bits per heavy atom. The van der Waals surface area contributed by atoms with E-state index in [-0.39, 0.29) is 35.9 Å². The summed E-state index contributed by atoms with van der Waals surface area (Å²) in [5.41, 5.74) is 4.75. The van der Waals surface area contributed by atoms with Gasteiger partial charge in [0.2, 0.25) is 5.91 Å². The van der Waals surface area contributed by atoms with Gasteiger partial charge in [0.25, 0.3) is 0 Å². The molecule has 0 aliphatic rings. The molecule has 0 radical (unpaired) electrons. The smallest absolute Gasteiger partial charge is 0.224 e. The van der Waals surface area contributed by atoms with Crippen LogP contribution in [-0.4, -0.2) is 31.0 Å². The van der Waals surface area contributed by atoms with Crippen LogP contribution in [0, 0.1) is 12.3 Å². The lowest BCUT2D eigenvalue weighted by atomic mass is 9.93. The molecule has 5 nitrogen and oxygen atoms in total. The lowest BCUT2D eigenvalue weighted by Crippen LogP contribution is -2.44. The first kappa shape index (κ1) is 22.2. The average Bonchev–Trinajstić information content (AvgIpc) is 2.81. The number of halogens is 1. The summed E-state index contributed by atoms with van der Waals surface area (Å²) < 4.78 is 0. The van der Waals surface area contributed by atoms with Gasteiger partial charge in [-0.05, 0) is 46.8 Å². The number of aryl methyl sites for hydroxylation is 1. The van der Waals surface area contributed by atoms with Crippen LogP contribution in [0.4, 0.5) is 0 Å². The lowest BCUT2D eigenvalue weighted by molar-refractivity contribution is -0.125. The van der Waals surface area contributed by atoms with Crippen LogP contribution in [0.2, 0.25) is 0 Å². The van der Waals surface area contributed by atoms with Gasteiger partial charge in [-0.3, -0.25) is 9.79 Å². The fourth-order valence-electron chi connectivity index (χ4n) is 1.86. The third-order valence-electron chi connectivity index (χ3n) is 3.33. The number of carbonyl (C=O) groups excluding carboxylic acids is 1. The van der Waals surface area contributed by atoms with Crippen molar-refractivity contribution >= 4 is 47.2 Å². The van der Waals surface area contributed by atoms with Crippen molar-refractivity contribution in [3.8, 4) is 0 Å². The van der Waals surface area contributed by atoms with Crippen molar-refractivity contribution in [3.05, 3.63) is 21.9 Å². The first-order chi connectivity index (χ1) is 10.2. The molecule has 0 spiro atoms. The average molecular weight is 452 g/mol. The molecular formula is C16H29IN4OS. The zero-order valence-corrected chi connectivity index (χ0v) is 17.7. The van der Waals surface area contributed by atoms with Crippen molar-refractivity contribution in [1.82, 2.24) is 10.6 Å². The number of rotatable bonds is 7. The van der Waals surface area contributed by atoms with Crippen molar-refractivity contribution in [2.45, 2.75) is 47.1 Å². The molecule has 0 aliphatic heterocycles. The Kier molecular flexibility index (Phi) is 9.76. The molecule has 132 valence electrons. The van der Waals surface area contributed by atoms with E-state index < -0.39 is 5.41 Å². The summed E-state index contributed by atoms with van der Waals surface area (Å²) in [5, 5.41) is 6.59. The van der Waals surface area contributed by atoms with Crippen molar-refractivity contribution in [2.24, 2.45) is 16.1 Å². The molecule has 1 unspecified atom stereocenters. The quantitative estimate of drug-likeness (QED) is 0.338. The highest BCUT2D eigenvalue weighted by Gasteiger charge is 2.24. The number of nitrogens with two attached hydrogens (primary N) is 1. The normalized spacial score (nSPS) is 13.2. The number of carbonyl (C=O) groups is 1. The second kappa shape index (κ2) is 10.1. The number of hydrogen-bond acceptors (Lipinski definition) is 3. The molecule has 0 saturated heterocycles. The number of primary amides is 1. The Bertz CT molecular complexity index is 528. The zero-order chi connectivity index (χ0) is 16.8. The third kappa shape index (κ3) is 8.01. The Hall–Kier alpha value is -0.830. The Labute approximate surface area is 160 Å². The van der Waals surface area contributed by atoms with Crippen LogP contribution in [0.3, 0.4) is 0 Å². The molecule has 0 bridgehead atoms. The first-order valence-electron chi connectivity index (χ1n) is 7.64. The minimum Gasteiger partial charge on any atom is -0.369 e. The van der Waals surface area contributed by atoms with Crippen LogP contribution in [0.1, 0.15) is 37.4 Å². The number of thiophene rings is 1. The van der Waals surface area contributed by atoms with Crippen LogP contribution in [-0.2, 0) is 11.2 Å². The molecule has 1 heterocycles. The number of aliphatic imine (C=N–C) groups is 1. The third-order valence-corrected chi connectivity index (χ3v) is 4.35. The maximum Gasteiger partial charge on any atom is 0.224 e.